The number of carbonyl (C=O) groups is 1. The fourth-order valence-corrected chi connectivity index (χ4v) is 2.43. The summed E-state index contributed by atoms with van der Waals surface area (Å²) in [6.45, 7) is 2.00. The second kappa shape index (κ2) is 5.92. The van der Waals surface area contributed by atoms with Gasteiger partial charge in [-0.1, -0.05) is 29.8 Å². The highest BCUT2D eigenvalue weighted by atomic mass is 16.6. The molecule has 3 rings (SSSR count). The van der Waals surface area contributed by atoms with Gasteiger partial charge in [0.15, 0.2) is 0 Å². The van der Waals surface area contributed by atoms with Crippen LogP contribution in [0.1, 0.15) is 22.7 Å². The average molecular weight is 309 g/mol. The smallest absolute Gasteiger partial charge is 0.319 e. The van der Waals surface area contributed by atoms with Gasteiger partial charge >= 0.3 is 6.03 Å². The molecule has 0 radical (unpaired) electrons. The minimum absolute atomic E-state index is 0.0248. The lowest BCUT2D eigenvalue weighted by atomic mass is 10.0. The fourth-order valence-electron chi connectivity index (χ4n) is 2.43. The molecule has 1 heterocycles. The summed E-state index contributed by atoms with van der Waals surface area (Å²) in [7, 11) is 0. The number of benzene rings is 2. The molecule has 2 amide bonds. The van der Waals surface area contributed by atoms with Gasteiger partial charge in [0.05, 0.1) is 11.0 Å². The van der Waals surface area contributed by atoms with Gasteiger partial charge < -0.3 is 10.6 Å². The first-order valence-corrected chi connectivity index (χ1v) is 7.13. The number of urea groups is 1. The van der Waals surface area contributed by atoms with E-state index in [1.807, 2.05) is 37.3 Å². The summed E-state index contributed by atoms with van der Waals surface area (Å²) >= 11 is 0. The Morgan fingerprint density at radius 2 is 1.70 bits per heavy atom. The van der Waals surface area contributed by atoms with Crippen molar-refractivity contribution in [2.75, 3.05) is 0 Å². The van der Waals surface area contributed by atoms with Crippen molar-refractivity contribution in [2.45, 2.75) is 13.0 Å². The zero-order valence-corrected chi connectivity index (χ0v) is 12.4. The maximum atomic E-state index is 11.9. The van der Waals surface area contributed by atoms with Crippen molar-refractivity contribution in [1.82, 2.24) is 10.6 Å². The van der Waals surface area contributed by atoms with E-state index in [2.05, 4.69) is 10.6 Å². The van der Waals surface area contributed by atoms with Crippen LogP contribution in [0.2, 0.25) is 0 Å². The lowest BCUT2D eigenvalue weighted by Crippen LogP contribution is -2.40. The SMILES string of the molecule is Cc1ccc(C2=CC(c3ccc([N+](=O)[O-])cc3)NC(=O)N2)cc1. The standard InChI is InChI=1S/C17H15N3O3/c1-11-2-4-12(5-3-11)15-10-16(19-17(21)18-15)13-6-8-14(9-7-13)20(22)23/h2-10,16H,1H3,(H2,18,19,21). The molecular formula is C17H15N3O3. The minimum atomic E-state index is -0.446. The van der Waals surface area contributed by atoms with Crippen LogP contribution in [0.4, 0.5) is 10.5 Å². The molecular weight excluding hydrogens is 294 g/mol. The van der Waals surface area contributed by atoms with Crippen molar-refractivity contribution in [3.8, 4) is 0 Å². The Kier molecular flexibility index (Phi) is 3.80. The predicted molar refractivity (Wildman–Crippen MR) is 86.7 cm³/mol. The first-order valence-electron chi connectivity index (χ1n) is 7.13. The van der Waals surface area contributed by atoms with Crippen molar-refractivity contribution in [3.05, 3.63) is 81.4 Å². The molecule has 6 nitrogen and oxygen atoms in total. The molecule has 2 aromatic carbocycles. The number of non-ortho nitro benzene ring substituents is 1. The molecule has 1 aliphatic heterocycles. The molecule has 116 valence electrons. The summed E-state index contributed by atoms with van der Waals surface area (Å²) in [5, 5.41) is 16.3. The van der Waals surface area contributed by atoms with Crippen LogP contribution in [-0.2, 0) is 0 Å². The molecule has 23 heavy (non-hydrogen) atoms. The van der Waals surface area contributed by atoms with Crippen LogP contribution in [0.5, 0.6) is 0 Å². The van der Waals surface area contributed by atoms with Crippen LogP contribution >= 0.6 is 0 Å². The molecule has 0 aromatic heterocycles. The molecule has 0 bridgehead atoms. The van der Waals surface area contributed by atoms with Crippen molar-refractivity contribution >= 4 is 17.4 Å². The molecule has 1 atom stereocenters. The van der Waals surface area contributed by atoms with Crippen LogP contribution in [0.25, 0.3) is 5.70 Å². The molecule has 0 aliphatic carbocycles. The van der Waals surface area contributed by atoms with E-state index in [4.69, 9.17) is 0 Å². The van der Waals surface area contributed by atoms with Crippen molar-refractivity contribution in [1.29, 1.82) is 0 Å². The summed E-state index contributed by atoms with van der Waals surface area (Å²) in [5.41, 5.74) is 3.59. The van der Waals surface area contributed by atoms with E-state index in [1.54, 1.807) is 12.1 Å². The third kappa shape index (κ3) is 3.21. The number of nitro benzene ring substituents is 1. The number of nitrogens with one attached hydrogen (secondary N) is 2. The lowest BCUT2D eigenvalue weighted by molar-refractivity contribution is -0.384. The lowest BCUT2D eigenvalue weighted by Gasteiger charge is -2.24. The number of hydrogen-bond acceptors (Lipinski definition) is 3. The third-order valence-electron chi connectivity index (χ3n) is 3.69. The van der Waals surface area contributed by atoms with E-state index < -0.39 is 4.92 Å². The number of nitrogens with zero attached hydrogens (tertiary/aromatic N) is 1. The van der Waals surface area contributed by atoms with Gasteiger partial charge in [-0.3, -0.25) is 10.1 Å². The fraction of sp³-hybridized carbons (Fsp3) is 0.118. The van der Waals surface area contributed by atoms with Crippen LogP contribution in [0.15, 0.2) is 54.6 Å². The second-order valence-corrected chi connectivity index (χ2v) is 5.37. The zero-order valence-electron chi connectivity index (χ0n) is 12.4. The number of carbonyl (C=O) groups excluding carboxylic acids is 1. The molecule has 0 saturated heterocycles. The van der Waals surface area contributed by atoms with Gasteiger partial charge in [-0.05, 0) is 36.3 Å². The molecule has 0 saturated carbocycles. The van der Waals surface area contributed by atoms with Gasteiger partial charge in [0.1, 0.15) is 0 Å². The van der Waals surface area contributed by atoms with Gasteiger partial charge in [-0.25, -0.2) is 4.79 Å². The Labute approximate surface area is 133 Å². The summed E-state index contributed by atoms with van der Waals surface area (Å²) in [6, 6.07) is 13.4. The van der Waals surface area contributed by atoms with Gasteiger partial charge in [-0.2, -0.15) is 0 Å². The number of nitro groups is 1. The molecule has 6 heteroatoms. The second-order valence-electron chi connectivity index (χ2n) is 5.37. The highest BCUT2D eigenvalue weighted by molar-refractivity contribution is 5.88. The number of rotatable bonds is 3. The molecule has 0 spiro atoms. The maximum absolute atomic E-state index is 11.9. The van der Waals surface area contributed by atoms with Gasteiger partial charge in [0, 0.05) is 17.8 Å². The Morgan fingerprint density at radius 3 is 2.30 bits per heavy atom. The van der Waals surface area contributed by atoms with Gasteiger partial charge in [-0.15, -0.1) is 0 Å². The normalized spacial score (nSPS) is 17.0. The number of hydrogen-bond donors (Lipinski definition) is 2. The van der Waals surface area contributed by atoms with Crippen LogP contribution in [0, 0.1) is 17.0 Å². The van der Waals surface area contributed by atoms with E-state index in [0.717, 1.165) is 22.4 Å². The topological polar surface area (TPSA) is 84.3 Å². The van der Waals surface area contributed by atoms with Crippen molar-refractivity contribution in [3.63, 3.8) is 0 Å². The predicted octanol–water partition coefficient (Wildman–Crippen LogP) is 3.30. The Hall–Kier alpha value is -3.15. The number of aryl methyl sites for hydroxylation is 1. The summed E-state index contributed by atoms with van der Waals surface area (Å²) in [4.78, 5) is 22.2. The first-order chi connectivity index (χ1) is 11.0. The van der Waals surface area contributed by atoms with E-state index >= 15 is 0 Å². The Bertz CT molecular complexity index is 780. The maximum Gasteiger partial charge on any atom is 0.319 e. The van der Waals surface area contributed by atoms with Gasteiger partial charge in [0.25, 0.3) is 5.69 Å². The minimum Gasteiger partial charge on any atom is -0.327 e. The summed E-state index contributed by atoms with van der Waals surface area (Å²) in [5.74, 6) is 0. The van der Waals surface area contributed by atoms with E-state index in [9.17, 15) is 14.9 Å². The monoisotopic (exact) mass is 309 g/mol. The number of amides is 2. The highest BCUT2D eigenvalue weighted by Gasteiger charge is 2.21. The summed E-state index contributed by atoms with van der Waals surface area (Å²) in [6.07, 6.45) is 1.90. The molecule has 2 aromatic rings. The van der Waals surface area contributed by atoms with Crippen molar-refractivity contribution < 1.29 is 9.72 Å². The molecule has 1 aliphatic rings. The Morgan fingerprint density at radius 1 is 1.04 bits per heavy atom. The van der Waals surface area contributed by atoms with E-state index in [0.29, 0.717) is 0 Å². The van der Waals surface area contributed by atoms with Crippen molar-refractivity contribution in [2.24, 2.45) is 0 Å². The van der Waals surface area contributed by atoms with E-state index in [1.165, 1.54) is 12.1 Å². The molecule has 2 N–H and O–H groups in total. The summed E-state index contributed by atoms with van der Waals surface area (Å²) < 4.78 is 0. The average Bonchev–Trinajstić information content (AvgIpc) is 2.55. The van der Waals surface area contributed by atoms with Crippen LogP contribution in [-0.4, -0.2) is 11.0 Å². The van der Waals surface area contributed by atoms with Gasteiger partial charge in [0.2, 0.25) is 0 Å². The van der Waals surface area contributed by atoms with Crippen LogP contribution < -0.4 is 10.6 Å². The quantitative estimate of drug-likeness (QED) is 0.674. The largest absolute Gasteiger partial charge is 0.327 e. The Balaban J connectivity index is 1.92. The zero-order chi connectivity index (χ0) is 16.4. The molecule has 1 unspecified atom stereocenters. The van der Waals surface area contributed by atoms with E-state index in [-0.39, 0.29) is 17.8 Å². The third-order valence-corrected chi connectivity index (χ3v) is 3.69. The molecule has 0 fully saturated rings. The first kappa shape index (κ1) is 14.8. The highest BCUT2D eigenvalue weighted by Crippen LogP contribution is 2.25. The van der Waals surface area contributed by atoms with Crippen LogP contribution in [0.3, 0.4) is 0 Å².